The standard InChI is InChI=1S/C75H141O24P/c1-4-7-10-13-16-19-22-25-28-30-32-35-38-41-44-47-50-60(78)92-55-58-63(81)65(83)70(88)75(96-58)98-72-68(86)66(84)67(85)71(97-74-69(87)64(82)62(80)57(52-76)95-74)73(72)99-100(89,90)93-54-56(53-91-59(77)49-46-43-40-37-34-31-27-24-21-18-15-12-9-6-3)94-61(79)51-48-45-42-39-36-33-29-26-23-20-17-14-11-8-5-2/h56-58,62-76,80-88H,4-55H2,1-3H3,(H,89,90). The van der Waals surface area contributed by atoms with Crippen LogP contribution in [0.3, 0.4) is 0 Å². The fraction of sp³-hybridized carbons (Fsp3) is 0.960. The van der Waals surface area contributed by atoms with Gasteiger partial charge in [-0.1, -0.05) is 290 Å². The first-order valence-corrected chi connectivity index (χ1v) is 41.3. The van der Waals surface area contributed by atoms with Gasteiger partial charge in [-0.05, 0) is 19.3 Å². The van der Waals surface area contributed by atoms with Crippen molar-refractivity contribution < 1.29 is 117 Å². The molecule has 590 valence electrons. The highest BCUT2D eigenvalue weighted by atomic mass is 31.2. The van der Waals surface area contributed by atoms with Crippen LogP contribution in [0.4, 0.5) is 0 Å². The van der Waals surface area contributed by atoms with Gasteiger partial charge in [-0.15, -0.1) is 0 Å². The number of hydrogen-bond acceptors (Lipinski definition) is 23. The van der Waals surface area contributed by atoms with Gasteiger partial charge in [0.2, 0.25) is 0 Å². The number of carbonyl (C=O) groups is 3. The third-order valence-corrected chi connectivity index (χ3v) is 20.9. The van der Waals surface area contributed by atoms with Gasteiger partial charge >= 0.3 is 25.7 Å². The Balaban J connectivity index is 1.71. The van der Waals surface area contributed by atoms with Crippen molar-refractivity contribution >= 4 is 25.7 Å². The van der Waals surface area contributed by atoms with Crippen LogP contribution in [0.5, 0.6) is 0 Å². The number of ether oxygens (including phenoxy) is 7. The number of rotatable bonds is 63. The molecule has 1 aliphatic carbocycles. The van der Waals surface area contributed by atoms with E-state index in [1.54, 1.807) is 0 Å². The van der Waals surface area contributed by atoms with Crippen LogP contribution >= 0.6 is 7.82 Å². The summed E-state index contributed by atoms with van der Waals surface area (Å²) in [5.74, 6) is -1.97. The van der Waals surface area contributed by atoms with Gasteiger partial charge in [0, 0.05) is 19.3 Å². The molecular weight excluding hydrogens is 1320 g/mol. The molecule has 2 heterocycles. The van der Waals surface area contributed by atoms with Gasteiger partial charge in [-0.3, -0.25) is 23.4 Å². The Morgan fingerprint density at radius 2 is 0.640 bits per heavy atom. The maximum atomic E-state index is 14.4. The van der Waals surface area contributed by atoms with Crippen molar-refractivity contribution in [2.24, 2.45) is 0 Å². The van der Waals surface area contributed by atoms with E-state index < -0.39 is 156 Å². The number of phosphoric acid groups is 1. The Kier molecular flexibility index (Phi) is 52.7. The molecule has 0 aromatic carbocycles. The zero-order chi connectivity index (χ0) is 73.2. The zero-order valence-electron chi connectivity index (χ0n) is 61.8. The highest BCUT2D eigenvalue weighted by Crippen LogP contribution is 2.49. The predicted octanol–water partition coefficient (Wildman–Crippen LogP) is 11.7. The molecule has 0 aromatic rings. The molecule has 11 N–H and O–H groups in total. The van der Waals surface area contributed by atoms with Gasteiger partial charge < -0.3 is 89.1 Å². The van der Waals surface area contributed by atoms with E-state index in [0.717, 1.165) is 89.9 Å². The molecule has 3 aliphatic rings. The summed E-state index contributed by atoms with van der Waals surface area (Å²) in [5.41, 5.74) is 0. The Labute approximate surface area is 600 Å². The third-order valence-electron chi connectivity index (χ3n) is 19.9. The summed E-state index contributed by atoms with van der Waals surface area (Å²) >= 11 is 0. The van der Waals surface area contributed by atoms with E-state index >= 15 is 0 Å². The molecule has 100 heavy (non-hydrogen) atoms. The van der Waals surface area contributed by atoms with Crippen molar-refractivity contribution in [2.75, 3.05) is 26.4 Å². The van der Waals surface area contributed by atoms with E-state index in [2.05, 4.69) is 20.8 Å². The fourth-order valence-electron chi connectivity index (χ4n) is 13.4. The largest absolute Gasteiger partial charge is 0.472 e. The molecule has 0 amide bonds. The quantitative estimate of drug-likeness (QED) is 0.0117. The van der Waals surface area contributed by atoms with Gasteiger partial charge in [0.1, 0.15) is 98.7 Å². The van der Waals surface area contributed by atoms with Crippen LogP contribution in [0.15, 0.2) is 0 Å². The lowest BCUT2D eigenvalue weighted by Crippen LogP contribution is -2.69. The molecule has 0 spiro atoms. The second-order valence-electron chi connectivity index (χ2n) is 28.8. The van der Waals surface area contributed by atoms with Crippen molar-refractivity contribution in [3.05, 3.63) is 0 Å². The maximum absolute atomic E-state index is 14.4. The van der Waals surface area contributed by atoms with Crippen molar-refractivity contribution in [1.29, 1.82) is 0 Å². The Morgan fingerprint density at radius 3 is 0.980 bits per heavy atom. The van der Waals surface area contributed by atoms with E-state index in [-0.39, 0.29) is 19.3 Å². The smallest absolute Gasteiger partial charge is 0.463 e. The summed E-state index contributed by atoms with van der Waals surface area (Å²) in [6.07, 6.45) is 15.7. The summed E-state index contributed by atoms with van der Waals surface area (Å²) in [5, 5.41) is 110. The van der Waals surface area contributed by atoms with E-state index in [0.29, 0.717) is 19.3 Å². The fourth-order valence-corrected chi connectivity index (χ4v) is 14.4. The van der Waals surface area contributed by atoms with Crippen LogP contribution in [0.2, 0.25) is 0 Å². The Hall–Kier alpha value is -2.04. The van der Waals surface area contributed by atoms with E-state index in [4.69, 9.17) is 42.2 Å². The summed E-state index contributed by atoms with van der Waals surface area (Å²) in [6.45, 7) is 3.50. The molecule has 24 nitrogen and oxygen atoms in total. The number of esters is 3. The molecule has 0 radical (unpaired) electrons. The van der Waals surface area contributed by atoms with Crippen LogP contribution in [0, 0.1) is 0 Å². The number of phosphoric ester groups is 1. The van der Waals surface area contributed by atoms with Gasteiger partial charge in [-0.2, -0.15) is 0 Å². The molecule has 18 unspecified atom stereocenters. The average molecular weight is 1460 g/mol. The molecule has 2 aliphatic heterocycles. The Morgan fingerprint density at radius 1 is 0.350 bits per heavy atom. The molecule has 2 saturated heterocycles. The molecule has 3 rings (SSSR count). The maximum Gasteiger partial charge on any atom is 0.472 e. The molecule has 3 fully saturated rings. The minimum absolute atomic E-state index is 0.0328. The lowest BCUT2D eigenvalue weighted by atomic mass is 9.84. The molecule has 0 bridgehead atoms. The van der Waals surface area contributed by atoms with Crippen molar-refractivity contribution in [3.8, 4) is 0 Å². The Bertz CT molecular complexity index is 2060. The van der Waals surface area contributed by atoms with Crippen LogP contribution in [0.25, 0.3) is 0 Å². The second-order valence-corrected chi connectivity index (χ2v) is 30.2. The minimum atomic E-state index is -5.69. The lowest BCUT2D eigenvalue weighted by molar-refractivity contribution is -0.360. The summed E-state index contributed by atoms with van der Waals surface area (Å²) in [7, 11) is -5.69. The first-order chi connectivity index (χ1) is 48.3. The van der Waals surface area contributed by atoms with Crippen molar-refractivity contribution in [2.45, 2.75) is 433 Å². The van der Waals surface area contributed by atoms with Gasteiger partial charge in [0.05, 0.1) is 13.2 Å². The van der Waals surface area contributed by atoms with Crippen molar-refractivity contribution in [1.82, 2.24) is 0 Å². The number of aliphatic hydroxyl groups excluding tert-OH is 10. The minimum Gasteiger partial charge on any atom is -0.463 e. The highest BCUT2D eigenvalue weighted by molar-refractivity contribution is 7.47. The van der Waals surface area contributed by atoms with E-state index in [9.17, 15) is 74.9 Å². The highest BCUT2D eigenvalue weighted by Gasteiger charge is 2.58. The summed E-state index contributed by atoms with van der Waals surface area (Å²) < 4.78 is 65.2. The number of carbonyl (C=O) groups excluding carboxylic acids is 3. The van der Waals surface area contributed by atoms with Crippen molar-refractivity contribution in [3.63, 3.8) is 0 Å². The van der Waals surface area contributed by atoms with Crippen LogP contribution in [0.1, 0.15) is 329 Å². The average Bonchev–Trinajstić information content (AvgIpc) is 0.762. The second kappa shape index (κ2) is 57.2. The van der Waals surface area contributed by atoms with Gasteiger partial charge in [0.25, 0.3) is 0 Å². The normalized spacial score (nSPS) is 27.3. The van der Waals surface area contributed by atoms with Crippen LogP contribution < -0.4 is 0 Å². The topological polar surface area (TPSA) is 374 Å². The lowest BCUT2D eigenvalue weighted by Gasteiger charge is -2.49. The summed E-state index contributed by atoms with van der Waals surface area (Å²) in [6, 6.07) is 0. The first-order valence-electron chi connectivity index (χ1n) is 39.8. The zero-order valence-corrected chi connectivity index (χ0v) is 62.7. The van der Waals surface area contributed by atoms with Crippen LogP contribution in [-0.2, 0) is 61.2 Å². The third kappa shape index (κ3) is 39.5. The molecule has 25 heteroatoms. The molecule has 1 saturated carbocycles. The number of aliphatic hydroxyl groups is 10. The summed E-state index contributed by atoms with van der Waals surface area (Å²) in [4.78, 5) is 51.1. The van der Waals surface area contributed by atoms with Gasteiger partial charge in [0.15, 0.2) is 18.7 Å². The van der Waals surface area contributed by atoms with E-state index in [1.807, 2.05) is 0 Å². The molecule has 18 atom stereocenters. The molecule has 0 aromatic heterocycles. The van der Waals surface area contributed by atoms with Gasteiger partial charge in [-0.25, -0.2) is 4.57 Å². The SMILES string of the molecule is CCCCCCCCCCCCCCCCCCC(=O)OCC1OC(OC2C(O)C(O)C(O)C(OC3OC(CO)C(O)C(O)C3O)C2OP(=O)(O)OCC(COC(=O)CCCCCCCCCCCCCCCC)OC(=O)CCCCCCCCCCCCCCCCC)C(O)C(O)C1O. The first kappa shape index (κ1) is 92.2. The monoisotopic (exact) mass is 1460 g/mol. The number of unbranched alkanes of at least 4 members (excludes halogenated alkanes) is 42. The van der Waals surface area contributed by atoms with E-state index in [1.165, 1.54) is 180 Å². The predicted molar refractivity (Wildman–Crippen MR) is 379 cm³/mol. The van der Waals surface area contributed by atoms with Crippen LogP contribution in [-0.4, -0.2) is 204 Å². The number of hydrogen-bond donors (Lipinski definition) is 11. The molecular formula is C75H141O24P.